The van der Waals surface area contributed by atoms with Gasteiger partial charge in [0.1, 0.15) is 22.7 Å². The van der Waals surface area contributed by atoms with Crippen molar-refractivity contribution in [3.8, 4) is 22.7 Å². The van der Waals surface area contributed by atoms with Gasteiger partial charge in [-0.2, -0.15) is 0 Å². The molecule has 63 heavy (non-hydrogen) atoms. The van der Waals surface area contributed by atoms with Crippen LogP contribution in [-0.4, -0.2) is 42.8 Å². The van der Waals surface area contributed by atoms with Gasteiger partial charge in [-0.3, -0.25) is 9.36 Å². The van der Waals surface area contributed by atoms with Gasteiger partial charge in [0.25, 0.3) is 5.56 Å². The lowest BCUT2D eigenvalue weighted by Crippen LogP contribution is -2.39. The number of ether oxygens (including phenoxy) is 1. The van der Waals surface area contributed by atoms with Crippen LogP contribution in [0.1, 0.15) is 68.6 Å². The molecular formula is C52H43BrN6O4. The van der Waals surface area contributed by atoms with Crippen molar-refractivity contribution in [3.05, 3.63) is 223 Å². The van der Waals surface area contributed by atoms with E-state index in [1.165, 1.54) is 7.11 Å². The molecule has 0 amide bonds. The molecule has 9 rings (SSSR count). The number of methoxy groups -OCH3 is 1. The highest BCUT2D eigenvalue weighted by Gasteiger charge is 2.41. The van der Waals surface area contributed by atoms with Gasteiger partial charge in [0.05, 0.1) is 23.7 Å². The predicted octanol–water partition coefficient (Wildman–Crippen LogP) is 10.6. The average molecular weight is 896 g/mol. The summed E-state index contributed by atoms with van der Waals surface area (Å²) in [5.41, 5.74) is 7.97. The normalized spacial score (nSPS) is 11.6. The first-order valence-corrected chi connectivity index (χ1v) is 21.6. The molecule has 0 radical (unpaired) electrons. The molecule has 0 aliphatic carbocycles. The van der Waals surface area contributed by atoms with E-state index >= 15 is 0 Å². The van der Waals surface area contributed by atoms with E-state index in [1.807, 2.05) is 109 Å². The van der Waals surface area contributed by atoms with E-state index in [2.05, 4.69) is 75.6 Å². The Bertz CT molecular complexity index is 3030. The van der Waals surface area contributed by atoms with Gasteiger partial charge in [0.2, 0.25) is 0 Å². The third kappa shape index (κ3) is 7.69. The molecule has 0 fully saturated rings. The molecule has 0 N–H and O–H groups in total. The van der Waals surface area contributed by atoms with Crippen molar-refractivity contribution in [2.45, 2.75) is 45.2 Å². The van der Waals surface area contributed by atoms with E-state index < -0.39 is 11.5 Å². The van der Waals surface area contributed by atoms with Gasteiger partial charge >= 0.3 is 5.97 Å². The number of esters is 1. The SMILES string of the molecule is CCCc1nc(C)c(Cc2cccc(C(=O)OC)c2)c(=O)n1Cc1ccc2oc(-c3ccc(-c4nnnn4C(c4ccccc4)(c4ccccc4)c4ccccc4)cc3)c(Br)c2c1. The van der Waals surface area contributed by atoms with Crippen LogP contribution in [0.2, 0.25) is 0 Å². The molecule has 10 nitrogen and oxygen atoms in total. The largest absolute Gasteiger partial charge is 0.465 e. The van der Waals surface area contributed by atoms with Gasteiger partial charge in [0.15, 0.2) is 5.82 Å². The highest BCUT2D eigenvalue weighted by Crippen LogP contribution is 2.43. The fourth-order valence-corrected chi connectivity index (χ4v) is 9.14. The number of benzene rings is 6. The number of aromatic nitrogens is 6. The van der Waals surface area contributed by atoms with Crippen LogP contribution in [0.5, 0.6) is 0 Å². The predicted molar refractivity (Wildman–Crippen MR) is 248 cm³/mol. The molecule has 0 saturated heterocycles. The molecule has 0 unspecified atom stereocenters. The van der Waals surface area contributed by atoms with Crippen LogP contribution in [0.3, 0.4) is 0 Å². The van der Waals surface area contributed by atoms with Gasteiger partial charge in [0, 0.05) is 40.6 Å². The summed E-state index contributed by atoms with van der Waals surface area (Å²) in [6.45, 7) is 4.29. The summed E-state index contributed by atoms with van der Waals surface area (Å²) in [4.78, 5) is 31.4. The summed E-state index contributed by atoms with van der Waals surface area (Å²) >= 11 is 3.87. The topological polar surface area (TPSA) is 118 Å². The number of carbonyl (C=O) groups is 1. The molecule has 0 spiro atoms. The van der Waals surface area contributed by atoms with E-state index in [0.29, 0.717) is 53.4 Å². The van der Waals surface area contributed by atoms with Gasteiger partial charge in [-0.15, -0.1) is 5.10 Å². The maximum atomic E-state index is 14.3. The van der Waals surface area contributed by atoms with Crippen LogP contribution >= 0.6 is 15.9 Å². The van der Waals surface area contributed by atoms with Crippen molar-refractivity contribution in [2.75, 3.05) is 7.11 Å². The highest BCUT2D eigenvalue weighted by molar-refractivity contribution is 9.10. The average Bonchev–Trinajstić information content (AvgIpc) is 3.95. The number of fused-ring (bicyclic) bond motifs is 1. The van der Waals surface area contributed by atoms with Gasteiger partial charge in [-0.1, -0.05) is 140 Å². The quantitative estimate of drug-likeness (QED) is 0.0829. The second-order valence-electron chi connectivity index (χ2n) is 15.5. The van der Waals surface area contributed by atoms with Crippen molar-refractivity contribution in [2.24, 2.45) is 0 Å². The lowest BCUT2D eigenvalue weighted by molar-refractivity contribution is 0.0600. The Labute approximate surface area is 373 Å². The molecule has 0 aliphatic rings. The molecule has 0 aliphatic heterocycles. The molecule has 312 valence electrons. The van der Waals surface area contributed by atoms with Crippen LogP contribution in [0.15, 0.2) is 171 Å². The molecule has 3 heterocycles. The number of hydrogen-bond donors (Lipinski definition) is 0. The number of halogens is 1. The number of hydrogen-bond acceptors (Lipinski definition) is 8. The first-order chi connectivity index (χ1) is 30.8. The van der Waals surface area contributed by atoms with E-state index in [-0.39, 0.29) is 5.56 Å². The third-order valence-corrected chi connectivity index (χ3v) is 12.3. The second-order valence-corrected chi connectivity index (χ2v) is 16.3. The number of rotatable bonds is 13. The summed E-state index contributed by atoms with van der Waals surface area (Å²) in [5, 5.41) is 14.5. The molecule has 3 aromatic heterocycles. The first-order valence-electron chi connectivity index (χ1n) is 20.8. The molecule has 0 atom stereocenters. The first kappa shape index (κ1) is 41.1. The zero-order valence-corrected chi connectivity index (χ0v) is 36.6. The summed E-state index contributed by atoms with van der Waals surface area (Å²) in [7, 11) is 1.36. The van der Waals surface area contributed by atoms with Crippen LogP contribution in [0, 0.1) is 6.92 Å². The van der Waals surface area contributed by atoms with Crippen molar-refractivity contribution in [1.29, 1.82) is 0 Å². The molecule has 0 saturated carbocycles. The monoisotopic (exact) mass is 894 g/mol. The number of furan rings is 1. The Morgan fingerprint density at radius 2 is 1.40 bits per heavy atom. The lowest BCUT2D eigenvalue weighted by atomic mass is 9.77. The fourth-order valence-electron chi connectivity index (χ4n) is 8.52. The fraction of sp³-hybridized carbons (Fsp3) is 0.154. The molecule has 11 heteroatoms. The Morgan fingerprint density at radius 3 is 2.02 bits per heavy atom. The Hall–Kier alpha value is -7.24. The third-order valence-electron chi connectivity index (χ3n) is 11.6. The van der Waals surface area contributed by atoms with Crippen LogP contribution in [0.25, 0.3) is 33.7 Å². The Balaban J connectivity index is 1.05. The summed E-state index contributed by atoms with van der Waals surface area (Å²) in [6.07, 6.45) is 1.83. The second kappa shape index (κ2) is 17.6. The zero-order chi connectivity index (χ0) is 43.5. The number of tetrazole rings is 1. The number of nitrogens with zero attached hydrogens (tertiary/aromatic N) is 6. The standard InChI is InChI=1S/C52H43BrN6O4/c1-4-15-46-54-34(2)43(31-35-16-14-17-39(30-35)51(61)62-3)50(60)58(46)33-36-24-29-45-44(32-36)47(53)48(63-45)37-25-27-38(28-26-37)49-55-56-57-59(49)52(40-18-8-5-9-19-40,41-20-10-6-11-21-41)42-22-12-7-13-23-42/h5-14,16-30,32H,4,15,31,33H2,1-3H3. The summed E-state index contributed by atoms with van der Waals surface area (Å²) in [6, 6.07) is 52.2. The van der Waals surface area contributed by atoms with Crippen molar-refractivity contribution < 1.29 is 13.9 Å². The maximum Gasteiger partial charge on any atom is 0.337 e. The van der Waals surface area contributed by atoms with Gasteiger partial charge in [-0.25, -0.2) is 14.5 Å². The number of carbonyl (C=O) groups excluding carboxylic acids is 1. The Kier molecular flexibility index (Phi) is 11.5. The highest BCUT2D eigenvalue weighted by atomic mass is 79.9. The van der Waals surface area contributed by atoms with Gasteiger partial charge < -0.3 is 9.15 Å². The summed E-state index contributed by atoms with van der Waals surface area (Å²) in [5.74, 6) is 1.60. The number of aryl methyl sites for hydroxylation is 2. The van der Waals surface area contributed by atoms with E-state index in [9.17, 15) is 9.59 Å². The molecule has 0 bridgehead atoms. The van der Waals surface area contributed by atoms with Crippen molar-refractivity contribution >= 4 is 32.9 Å². The van der Waals surface area contributed by atoms with Crippen molar-refractivity contribution in [1.82, 2.24) is 29.8 Å². The van der Waals surface area contributed by atoms with Crippen LogP contribution in [0.4, 0.5) is 0 Å². The van der Waals surface area contributed by atoms with Crippen molar-refractivity contribution in [3.63, 3.8) is 0 Å². The summed E-state index contributed by atoms with van der Waals surface area (Å²) < 4.78 is 15.9. The minimum absolute atomic E-state index is 0.0962. The van der Waals surface area contributed by atoms with E-state index in [1.54, 1.807) is 22.8 Å². The molecular weight excluding hydrogens is 853 g/mol. The Morgan fingerprint density at radius 1 is 0.762 bits per heavy atom. The zero-order valence-electron chi connectivity index (χ0n) is 35.0. The van der Waals surface area contributed by atoms with Gasteiger partial charge in [-0.05, 0) is 91.8 Å². The smallest absolute Gasteiger partial charge is 0.337 e. The lowest BCUT2D eigenvalue weighted by Gasteiger charge is -2.36. The molecule has 6 aromatic carbocycles. The minimum Gasteiger partial charge on any atom is -0.465 e. The minimum atomic E-state index is -0.878. The van der Waals surface area contributed by atoms with Crippen LogP contribution < -0.4 is 5.56 Å². The van der Waals surface area contributed by atoms with E-state index in [0.717, 1.165) is 61.0 Å². The molecule has 9 aromatic rings. The van der Waals surface area contributed by atoms with E-state index in [4.69, 9.17) is 19.4 Å². The van der Waals surface area contributed by atoms with Crippen LogP contribution in [-0.2, 0) is 29.7 Å². The maximum absolute atomic E-state index is 14.3.